The van der Waals surface area contributed by atoms with Crippen LogP contribution in [0.5, 0.6) is 0 Å². The van der Waals surface area contributed by atoms with Crippen molar-refractivity contribution in [3.63, 3.8) is 0 Å². The largest absolute Gasteiger partial charge is 0.303 e. The summed E-state index contributed by atoms with van der Waals surface area (Å²) < 4.78 is 0. The van der Waals surface area contributed by atoms with Crippen molar-refractivity contribution in [1.29, 1.82) is 0 Å². The number of hydrogen-bond acceptors (Lipinski definition) is 1. The Bertz CT molecular complexity index is 44.2. The molecular formula is C7H17AlO. The second kappa shape index (κ2) is 15.7. The van der Waals surface area contributed by atoms with E-state index in [-0.39, 0.29) is 0 Å². The highest BCUT2D eigenvalue weighted by molar-refractivity contribution is 6.34. The fourth-order valence-corrected chi connectivity index (χ4v) is 1.06. The Balaban J connectivity index is 0. The molecule has 0 saturated heterocycles. The van der Waals surface area contributed by atoms with Gasteiger partial charge in [-0.05, 0) is 0 Å². The van der Waals surface area contributed by atoms with Crippen LogP contribution in [0.4, 0.5) is 0 Å². The Morgan fingerprint density at radius 3 is 1.56 bits per heavy atom. The van der Waals surface area contributed by atoms with E-state index < -0.39 is 0 Å². The summed E-state index contributed by atoms with van der Waals surface area (Å²) in [6.45, 7) is 6.36. The summed E-state index contributed by atoms with van der Waals surface area (Å²) in [5.41, 5.74) is 0. The van der Waals surface area contributed by atoms with Gasteiger partial charge >= 0.3 is 0 Å². The van der Waals surface area contributed by atoms with E-state index >= 15 is 0 Å². The first-order valence-corrected chi connectivity index (χ1v) is 5.77. The summed E-state index contributed by atoms with van der Waals surface area (Å²) >= 11 is 0.432. The average molecular weight is 144 g/mol. The SMILES string of the molecule is CCC=O.C[CH2][AlH][CH2]C. The van der Waals surface area contributed by atoms with Gasteiger partial charge in [0, 0.05) is 6.42 Å². The molecule has 0 aromatic carbocycles. The molecule has 0 bridgehead atoms. The fraction of sp³-hybridized carbons (Fsp3) is 0.857. The van der Waals surface area contributed by atoms with Crippen LogP contribution in [-0.2, 0) is 4.79 Å². The first-order chi connectivity index (χ1) is 4.33. The molecule has 1 nitrogen and oxygen atoms in total. The summed E-state index contributed by atoms with van der Waals surface area (Å²) in [5, 5.41) is 2.97. The van der Waals surface area contributed by atoms with Gasteiger partial charge < -0.3 is 4.79 Å². The molecule has 0 aliphatic rings. The van der Waals surface area contributed by atoms with Crippen LogP contribution in [0.15, 0.2) is 0 Å². The predicted molar refractivity (Wildman–Crippen MR) is 44.5 cm³/mol. The standard InChI is InChI=1S/C3H6O.2C2H5.Al.H/c1-2-3-4;2*1-2;;/h3H,2H2,1H3;2*1H2,2H3;;. The van der Waals surface area contributed by atoms with Gasteiger partial charge in [-0.25, -0.2) is 0 Å². The smallest absolute Gasteiger partial charge is 0.236 e. The lowest BCUT2D eigenvalue weighted by Gasteiger charge is -1.73. The molecule has 2 heteroatoms. The van der Waals surface area contributed by atoms with Crippen molar-refractivity contribution in [3.8, 4) is 0 Å². The van der Waals surface area contributed by atoms with Crippen molar-refractivity contribution in [2.24, 2.45) is 0 Å². The maximum Gasteiger partial charge on any atom is 0.236 e. The molecule has 0 radical (unpaired) electrons. The van der Waals surface area contributed by atoms with E-state index in [0.717, 1.165) is 6.29 Å². The van der Waals surface area contributed by atoms with Gasteiger partial charge in [-0.3, -0.25) is 0 Å². The van der Waals surface area contributed by atoms with Gasteiger partial charge in [0.1, 0.15) is 6.29 Å². The average Bonchev–Trinajstić information content (AvgIpc) is 1.91. The Morgan fingerprint density at radius 2 is 1.56 bits per heavy atom. The lowest BCUT2D eigenvalue weighted by atomic mass is 10.6. The van der Waals surface area contributed by atoms with Crippen LogP contribution in [-0.4, -0.2) is 21.5 Å². The second-order valence-corrected chi connectivity index (χ2v) is 4.64. The highest BCUT2D eigenvalue weighted by Crippen LogP contribution is 1.77. The van der Waals surface area contributed by atoms with Crippen molar-refractivity contribution in [2.45, 2.75) is 37.8 Å². The van der Waals surface area contributed by atoms with E-state index in [1.807, 2.05) is 6.92 Å². The molecule has 0 saturated carbocycles. The zero-order valence-corrected chi connectivity index (χ0v) is 8.23. The highest BCUT2D eigenvalue weighted by Gasteiger charge is 1.76. The van der Waals surface area contributed by atoms with Crippen LogP contribution in [0.3, 0.4) is 0 Å². The first-order valence-electron chi connectivity index (χ1n) is 3.77. The molecule has 0 heterocycles. The van der Waals surface area contributed by atoms with E-state index in [4.69, 9.17) is 0 Å². The van der Waals surface area contributed by atoms with Gasteiger partial charge in [0.15, 0.2) is 0 Å². The summed E-state index contributed by atoms with van der Waals surface area (Å²) in [5.74, 6) is 0. The topological polar surface area (TPSA) is 17.1 Å². The van der Waals surface area contributed by atoms with Crippen molar-refractivity contribution >= 4 is 21.5 Å². The van der Waals surface area contributed by atoms with E-state index in [2.05, 4.69) is 13.8 Å². The number of carbonyl (C=O) groups excluding carboxylic acids is 1. The van der Waals surface area contributed by atoms with Crippen molar-refractivity contribution in [1.82, 2.24) is 0 Å². The zero-order valence-electron chi connectivity index (χ0n) is 6.81. The third kappa shape index (κ3) is 30.8. The Hall–Kier alpha value is 0.202. The molecule has 0 atom stereocenters. The number of carbonyl (C=O) groups is 1. The molecule has 9 heavy (non-hydrogen) atoms. The van der Waals surface area contributed by atoms with Gasteiger partial charge in [0.05, 0.1) is 0 Å². The second-order valence-electron chi connectivity index (χ2n) is 1.93. The third-order valence-electron chi connectivity index (χ3n) is 0.874. The zero-order chi connectivity index (χ0) is 7.54. The summed E-state index contributed by atoms with van der Waals surface area (Å²) in [7, 11) is 0. The van der Waals surface area contributed by atoms with Crippen LogP contribution < -0.4 is 0 Å². The van der Waals surface area contributed by atoms with Crippen LogP contribution in [0.1, 0.15) is 27.2 Å². The number of rotatable bonds is 3. The van der Waals surface area contributed by atoms with Gasteiger partial charge in [-0.2, -0.15) is 0 Å². The van der Waals surface area contributed by atoms with E-state index in [0.29, 0.717) is 21.6 Å². The van der Waals surface area contributed by atoms with Crippen molar-refractivity contribution in [2.75, 3.05) is 0 Å². The van der Waals surface area contributed by atoms with E-state index in [1.165, 1.54) is 10.6 Å². The normalized spacial score (nSPS) is 7.00. The van der Waals surface area contributed by atoms with Gasteiger partial charge in [0.25, 0.3) is 0 Å². The first kappa shape index (κ1) is 11.9. The Kier molecular flexibility index (Phi) is 20.8. The van der Waals surface area contributed by atoms with Gasteiger partial charge in [-0.1, -0.05) is 20.8 Å². The summed E-state index contributed by atoms with van der Waals surface area (Å²) in [6.07, 6.45) is 1.51. The fourth-order valence-electron chi connectivity index (χ4n) is 0.354. The molecule has 0 unspecified atom stereocenters. The molecule has 0 rings (SSSR count). The number of hydrogen-bond donors (Lipinski definition) is 0. The molecule has 0 aliphatic heterocycles. The van der Waals surface area contributed by atoms with Crippen molar-refractivity contribution < 1.29 is 4.79 Å². The molecule has 0 aromatic heterocycles. The van der Waals surface area contributed by atoms with E-state index in [1.54, 1.807) is 0 Å². The molecule has 0 aromatic rings. The van der Waals surface area contributed by atoms with Gasteiger partial charge in [-0.15, -0.1) is 10.6 Å². The number of aldehydes is 1. The minimum Gasteiger partial charge on any atom is -0.303 e. The van der Waals surface area contributed by atoms with Crippen LogP contribution >= 0.6 is 0 Å². The summed E-state index contributed by atoms with van der Waals surface area (Å²) in [4.78, 5) is 9.17. The van der Waals surface area contributed by atoms with Crippen LogP contribution in [0, 0.1) is 0 Å². The van der Waals surface area contributed by atoms with E-state index in [9.17, 15) is 4.79 Å². The highest BCUT2D eigenvalue weighted by atomic mass is 27.1. The molecule has 0 amide bonds. The molecule has 0 spiro atoms. The van der Waals surface area contributed by atoms with Crippen LogP contribution in [0.25, 0.3) is 0 Å². The lowest BCUT2D eigenvalue weighted by molar-refractivity contribution is -0.107. The Labute approximate surface area is 64.6 Å². The minimum atomic E-state index is 0.432. The minimum absolute atomic E-state index is 0.432. The monoisotopic (exact) mass is 144 g/mol. The molecule has 0 fully saturated rings. The maximum atomic E-state index is 9.17. The van der Waals surface area contributed by atoms with Gasteiger partial charge in [0.2, 0.25) is 15.2 Å². The maximum absolute atomic E-state index is 9.17. The predicted octanol–water partition coefficient (Wildman–Crippen LogP) is 1.89. The van der Waals surface area contributed by atoms with Crippen LogP contribution in [0.2, 0.25) is 10.6 Å². The quantitative estimate of drug-likeness (QED) is 0.436. The van der Waals surface area contributed by atoms with Crippen molar-refractivity contribution in [3.05, 3.63) is 0 Å². The molecule has 0 aliphatic carbocycles. The lowest BCUT2D eigenvalue weighted by Crippen LogP contribution is -1.76. The Morgan fingerprint density at radius 1 is 1.22 bits per heavy atom. The third-order valence-corrected chi connectivity index (χ3v) is 2.29. The molecule has 0 N–H and O–H groups in total. The molecular weight excluding hydrogens is 127 g/mol. The summed E-state index contributed by atoms with van der Waals surface area (Å²) in [6, 6.07) is 0. The molecule has 54 valence electrons.